The highest BCUT2D eigenvalue weighted by Gasteiger charge is 2.60. The van der Waals surface area contributed by atoms with Gasteiger partial charge in [0, 0.05) is 6.04 Å². The largest absolute Gasteiger partial charge is 0.419 e. The second-order valence-electron chi connectivity index (χ2n) is 6.61. The van der Waals surface area contributed by atoms with Crippen molar-refractivity contribution in [1.29, 1.82) is 5.26 Å². The highest BCUT2D eigenvalue weighted by Crippen LogP contribution is 2.49. The molecule has 0 N–H and O–H groups in total. The minimum Gasteiger partial charge on any atom is -0.284 e. The van der Waals surface area contributed by atoms with Gasteiger partial charge in [-0.2, -0.15) is 18.4 Å². The lowest BCUT2D eigenvalue weighted by Crippen LogP contribution is -2.57. The average molecular weight is 370 g/mol. The fourth-order valence-corrected chi connectivity index (χ4v) is 4.40. The molecule has 0 bridgehead atoms. The molecule has 2 fully saturated rings. The molecule has 9 heteroatoms. The lowest BCUT2D eigenvalue weighted by molar-refractivity contribution is -0.138. The lowest BCUT2D eigenvalue weighted by Gasteiger charge is -2.45. The van der Waals surface area contributed by atoms with Gasteiger partial charge in [-0.25, -0.2) is 4.98 Å². The first-order chi connectivity index (χ1) is 11.6. The van der Waals surface area contributed by atoms with Crippen molar-refractivity contribution in [3.8, 4) is 6.07 Å². The van der Waals surface area contributed by atoms with Crippen molar-refractivity contribution in [2.45, 2.75) is 56.4 Å². The first-order valence-corrected chi connectivity index (χ1v) is 8.42. The maximum absolute atomic E-state index is 13.2. The normalized spacial score (nSPS) is 23.2. The summed E-state index contributed by atoms with van der Waals surface area (Å²) in [5.74, 6) is -0.257. The fourth-order valence-electron chi connectivity index (χ4n) is 3.67. The SMILES string of the molecule is CC(C)N1C(S)N(c2cnc(C#N)c(C(F)(F)F)c2)C(=O)C12CCC2. The van der Waals surface area contributed by atoms with Gasteiger partial charge in [0.25, 0.3) is 0 Å². The van der Waals surface area contributed by atoms with Gasteiger partial charge < -0.3 is 0 Å². The maximum atomic E-state index is 13.2. The van der Waals surface area contributed by atoms with Crippen LogP contribution in [0.3, 0.4) is 0 Å². The van der Waals surface area contributed by atoms with E-state index in [2.05, 4.69) is 17.6 Å². The number of nitriles is 1. The van der Waals surface area contributed by atoms with Crippen LogP contribution >= 0.6 is 12.6 Å². The van der Waals surface area contributed by atoms with Crippen LogP contribution in [0.25, 0.3) is 0 Å². The Labute approximate surface area is 148 Å². The van der Waals surface area contributed by atoms with Crippen molar-refractivity contribution in [2.75, 3.05) is 4.90 Å². The predicted molar refractivity (Wildman–Crippen MR) is 87.8 cm³/mol. The van der Waals surface area contributed by atoms with Gasteiger partial charge in [-0.3, -0.25) is 14.6 Å². The Hall–Kier alpha value is -1.79. The number of halogens is 3. The molecule has 1 amide bonds. The zero-order chi connectivity index (χ0) is 18.6. The number of nitrogens with zero attached hydrogens (tertiary/aromatic N) is 4. The van der Waals surface area contributed by atoms with E-state index in [1.165, 1.54) is 11.0 Å². The number of anilines is 1. The minimum atomic E-state index is -4.73. The monoisotopic (exact) mass is 370 g/mol. The van der Waals surface area contributed by atoms with E-state index in [0.717, 1.165) is 18.7 Å². The van der Waals surface area contributed by atoms with Crippen LogP contribution in [-0.2, 0) is 11.0 Å². The van der Waals surface area contributed by atoms with Crippen LogP contribution in [0, 0.1) is 11.3 Å². The van der Waals surface area contributed by atoms with E-state index in [1.54, 1.807) is 0 Å². The van der Waals surface area contributed by atoms with Gasteiger partial charge in [-0.15, -0.1) is 12.6 Å². The first-order valence-electron chi connectivity index (χ1n) is 7.91. The number of amides is 1. The molecule has 134 valence electrons. The zero-order valence-electron chi connectivity index (χ0n) is 13.7. The van der Waals surface area contributed by atoms with E-state index >= 15 is 0 Å². The van der Waals surface area contributed by atoms with E-state index in [9.17, 15) is 18.0 Å². The lowest BCUT2D eigenvalue weighted by atomic mass is 9.75. The Morgan fingerprint density at radius 3 is 2.48 bits per heavy atom. The van der Waals surface area contributed by atoms with Gasteiger partial charge >= 0.3 is 6.18 Å². The summed E-state index contributed by atoms with van der Waals surface area (Å²) in [4.78, 5) is 19.8. The zero-order valence-corrected chi connectivity index (χ0v) is 14.6. The molecule has 1 unspecified atom stereocenters. The average Bonchev–Trinajstić information content (AvgIpc) is 2.73. The Bertz CT molecular complexity index is 755. The van der Waals surface area contributed by atoms with E-state index < -0.39 is 28.5 Å². The van der Waals surface area contributed by atoms with Crippen molar-refractivity contribution in [3.05, 3.63) is 23.5 Å². The predicted octanol–water partition coefficient (Wildman–Crippen LogP) is 3.17. The standard InChI is InChI=1S/C16H17F3N4OS/c1-9(2)23-14(25)22(13(24)15(23)4-3-5-15)10-6-11(16(17,18)19)12(7-20)21-8-10/h6,8-9,14,25H,3-5H2,1-2H3. The van der Waals surface area contributed by atoms with Crippen molar-refractivity contribution < 1.29 is 18.0 Å². The number of hydrogen-bond acceptors (Lipinski definition) is 5. The Morgan fingerprint density at radius 1 is 1.44 bits per heavy atom. The quantitative estimate of drug-likeness (QED) is 0.813. The third kappa shape index (κ3) is 2.59. The molecule has 0 radical (unpaired) electrons. The van der Waals surface area contributed by atoms with Gasteiger partial charge in [-0.1, -0.05) is 0 Å². The summed E-state index contributed by atoms with van der Waals surface area (Å²) in [6.45, 7) is 3.86. The van der Waals surface area contributed by atoms with Gasteiger partial charge in [-0.05, 0) is 39.2 Å². The topological polar surface area (TPSA) is 60.2 Å². The number of thiol groups is 1. The van der Waals surface area contributed by atoms with Crippen LogP contribution in [0.1, 0.15) is 44.4 Å². The highest BCUT2D eigenvalue weighted by molar-refractivity contribution is 7.81. The maximum Gasteiger partial charge on any atom is 0.419 e. The van der Waals surface area contributed by atoms with Crippen LogP contribution < -0.4 is 4.90 Å². The summed E-state index contributed by atoms with van der Waals surface area (Å²) in [5.41, 5.74) is -3.23. The number of hydrogen-bond donors (Lipinski definition) is 1. The molecule has 2 heterocycles. The van der Waals surface area contributed by atoms with Crippen LogP contribution in [0.15, 0.2) is 12.3 Å². The summed E-state index contributed by atoms with van der Waals surface area (Å²) in [5, 5.41) is 8.87. The molecule has 1 saturated heterocycles. The molecular formula is C16H17F3N4OS. The highest BCUT2D eigenvalue weighted by atomic mass is 32.1. The molecule has 2 aliphatic rings. The molecule has 1 aromatic rings. The van der Waals surface area contributed by atoms with Crippen molar-refractivity contribution in [3.63, 3.8) is 0 Å². The third-order valence-corrected chi connectivity index (χ3v) is 5.37. The molecule has 1 aromatic heterocycles. The molecule has 1 atom stereocenters. The second kappa shape index (κ2) is 5.88. The van der Waals surface area contributed by atoms with E-state index in [1.807, 2.05) is 18.7 Å². The fraction of sp³-hybridized carbons (Fsp3) is 0.562. The van der Waals surface area contributed by atoms with Crippen LogP contribution in [-0.4, -0.2) is 32.9 Å². The number of pyridine rings is 1. The summed E-state index contributed by atoms with van der Waals surface area (Å²) < 4.78 is 39.6. The number of carbonyl (C=O) groups is 1. The van der Waals surface area contributed by atoms with Crippen molar-refractivity contribution in [2.24, 2.45) is 0 Å². The summed E-state index contributed by atoms with van der Waals surface area (Å²) in [6, 6.07) is 2.26. The van der Waals surface area contributed by atoms with Crippen LogP contribution in [0.4, 0.5) is 18.9 Å². The van der Waals surface area contributed by atoms with Gasteiger partial charge in [0.15, 0.2) is 5.69 Å². The first kappa shape index (κ1) is 18.0. The Morgan fingerprint density at radius 2 is 2.08 bits per heavy atom. The molecule has 1 aliphatic carbocycles. The van der Waals surface area contributed by atoms with Gasteiger partial charge in [0.2, 0.25) is 5.91 Å². The molecule has 1 saturated carbocycles. The Kier molecular flexibility index (Phi) is 4.24. The molecule has 3 rings (SSSR count). The molecule has 5 nitrogen and oxygen atoms in total. The van der Waals surface area contributed by atoms with E-state index in [0.29, 0.717) is 12.8 Å². The number of aromatic nitrogens is 1. The second-order valence-corrected chi connectivity index (χ2v) is 7.07. The summed E-state index contributed by atoms with van der Waals surface area (Å²) in [6.07, 6.45) is -1.39. The molecule has 1 spiro atoms. The smallest absolute Gasteiger partial charge is 0.284 e. The van der Waals surface area contributed by atoms with Crippen molar-refractivity contribution >= 4 is 24.2 Å². The van der Waals surface area contributed by atoms with Gasteiger partial charge in [0.05, 0.1) is 17.4 Å². The molecular weight excluding hydrogens is 353 g/mol. The van der Waals surface area contributed by atoms with E-state index in [-0.39, 0.29) is 17.6 Å². The van der Waals surface area contributed by atoms with E-state index in [4.69, 9.17) is 5.26 Å². The van der Waals surface area contributed by atoms with Gasteiger partial charge in [0.1, 0.15) is 17.1 Å². The van der Waals surface area contributed by atoms with Crippen LogP contribution in [0.5, 0.6) is 0 Å². The Balaban J connectivity index is 2.08. The summed E-state index contributed by atoms with van der Waals surface area (Å²) in [7, 11) is 0. The minimum absolute atomic E-state index is 0.00479. The summed E-state index contributed by atoms with van der Waals surface area (Å²) >= 11 is 4.51. The molecule has 25 heavy (non-hydrogen) atoms. The third-order valence-electron chi connectivity index (χ3n) is 4.89. The number of rotatable bonds is 2. The molecule has 0 aromatic carbocycles. The molecule has 1 aliphatic heterocycles. The number of carbonyl (C=O) groups excluding carboxylic acids is 1. The number of alkyl halides is 3. The van der Waals surface area contributed by atoms with Crippen molar-refractivity contribution in [1.82, 2.24) is 9.88 Å². The van der Waals surface area contributed by atoms with Crippen LogP contribution in [0.2, 0.25) is 0 Å².